The van der Waals surface area contributed by atoms with Crippen LogP contribution in [0.15, 0.2) is 24.3 Å². The third-order valence-corrected chi connectivity index (χ3v) is 4.98. The Morgan fingerprint density at radius 2 is 2.05 bits per heavy atom. The van der Waals surface area contributed by atoms with Crippen molar-refractivity contribution in [2.75, 3.05) is 19.7 Å². The lowest BCUT2D eigenvalue weighted by molar-refractivity contribution is -0.177. The normalized spacial score (nSPS) is 26.8. The molecule has 2 aliphatic heterocycles. The summed E-state index contributed by atoms with van der Waals surface area (Å²) in [4.78, 5) is 2.48. The maximum Gasteiger partial charge on any atom is 0.0964 e. The predicted molar refractivity (Wildman–Crippen MR) is 79.6 cm³/mol. The molecule has 1 aromatic carbocycles. The Morgan fingerprint density at radius 1 is 1.30 bits per heavy atom. The van der Waals surface area contributed by atoms with Gasteiger partial charge in [0.1, 0.15) is 0 Å². The first-order valence-corrected chi connectivity index (χ1v) is 7.78. The van der Waals surface area contributed by atoms with E-state index >= 15 is 0 Å². The number of benzene rings is 1. The van der Waals surface area contributed by atoms with Crippen molar-refractivity contribution < 1.29 is 9.84 Å². The van der Waals surface area contributed by atoms with E-state index in [1.165, 1.54) is 11.1 Å². The number of aliphatic hydroxyl groups excluding tert-OH is 1. The van der Waals surface area contributed by atoms with Gasteiger partial charge in [-0.2, -0.15) is 0 Å². The molecule has 2 saturated heterocycles. The number of aliphatic hydroxyl groups is 1. The van der Waals surface area contributed by atoms with Gasteiger partial charge in [0, 0.05) is 26.2 Å². The van der Waals surface area contributed by atoms with E-state index in [2.05, 4.69) is 36.1 Å². The average Bonchev–Trinajstić information content (AvgIpc) is 2.47. The number of hydrogen-bond donors (Lipinski definition) is 1. The molecule has 2 aliphatic rings. The Kier molecular flexibility index (Phi) is 4.11. The minimum absolute atomic E-state index is 0.250. The molecule has 0 aliphatic carbocycles. The Morgan fingerprint density at radius 3 is 2.75 bits per heavy atom. The second kappa shape index (κ2) is 5.84. The monoisotopic (exact) mass is 275 g/mol. The first-order valence-electron chi connectivity index (χ1n) is 7.78. The topological polar surface area (TPSA) is 32.7 Å². The number of piperidine rings is 1. The Bertz CT molecular complexity index is 452. The van der Waals surface area contributed by atoms with Crippen molar-refractivity contribution in [1.29, 1.82) is 0 Å². The summed E-state index contributed by atoms with van der Waals surface area (Å²) in [7, 11) is 0. The third kappa shape index (κ3) is 2.76. The molecule has 0 bridgehead atoms. The van der Waals surface area contributed by atoms with E-state index in [4.69, 9.17) is 4.74 Å². The van der Waals surface area contributed by atoms with Crippen molar-refractivity contribution in [2.24, 2.45) is 0 Å². The molecule has 0 saturated carbocycles. The second-order valence-electron chi connectivity index (χ2n) is 6.27. The lowest BCUT2D eigenvalue weighted by atomic mass is 9.82. The number of hydrogen-bond acceptors (Lipinski definition) is 3. The summed E-state index contributed by atoms with van der Waals surface area (Å²) in [5.41, 5.74) is 2.52. The number of aryl methyl sites for hydroxylation is 1. The highest BCUT2D eigenvalue weighted by molar-refractivity contribution is 5.25. The first-order chi connectivity index (χ1) is 9.70. The minimum Gasteiger partial charge on any atom is -0.390 e. The van der Waals surface area contributed by atoms with Crippen molar-refractivity contribution in [3.63, 3.8) is 0 Å². The van der Waals surface area contributed by atoms with Crippen LogP contribution >= 0.6 is 0 Å². The maximum atomic E-state index is 10.3. The molecule has 1 spiro atoms. The van der Waals surface area contributed by atoms with Gasteiger partial charge in [0.25, 0.3) is 0 Å². The van der Waals surface area contributed by atoms with Crippen LogP contribution in [0.2, 0.25) is 0 Å². The van der Waals surface area contributed by atoms with E-state index in [9.17, 15) is 5.11 Å². The number of rotatable bonds is 2. The zero-order valence-electron chi connectivity index (χ0n) is 12.3. The van der Waals surface area contributed by atoms with E-state index in [0.717, 1.165) is 51.9 Å². The molecule has 1 N–H and O–H groups in total. The molecule has 3 rings (SSSR count). The smallest absolute Gasteiger partial charge is 0.0964 e. The molecule has 0 radical (unpaired) electrons. The van der Waals surface area contributed by atoms with E-state index in [0.29, 0.717) is 0 Å². The number of likely N-dealkylation sites (tertiary alicyclic amines) is 1. The van der Waals surface area contributed by atoms with Gasteiger partial charge in [-0.1, -0.05) is 24.3 Å². The fourth-order valence-electron chi connectivity index (χ4n) is 3.51. The standard InChI is InChI=1S/C17H25NO2/c1-14-5-2-3-6-15(14)13-18-10-8-17(9-11-18)16(19)7-4-12-20-17/h2-3,5-6,16,19H,4,7-13H2,1H3/t16-/m1/s1. The van der Waals surface area contributed by atoms with E-state index < -0.39 is 0 Å². The average molecular weight is 275 g/mol. The zero-order chi connectivity index (χ0) is 14.0. The molecule has 0 aromatic heterocycles. The molecule has 2 heterocycles. The van der Waals surface area contributed by atoms with E-state index in [1.807, 2.05) is 0 Å². The van der Waals surface area contributed by atoms with Gasteiger partial charge in [-0.05, 0) is 43.7 Å². The van der Waals surface area contributed by atoms with Crippen LogP contribution in [-0.2, 0) is 11.3 Å². The van der Waals surface area contributed by atoms with Gasteiger partial charge in [0.2, 0.25) is 0 Å². The van der Waals surface area contributed by atoms with Gasteiger partial charge >= 0.3 is 0 Å². The molecule has 110 valence electrons. The highest BCUT2D eigenvalue weighted by Crippen LogP contribution is 2.35. The van der Waals surface area contributed by atoms with Gasteiger partial charge in [0.15, 0.2) is 0 Å². The number of ether oxygens (including phenoxy) is 1. The van der Waals surface area contributed by atoms with Crippen molar-refractivity contribution in [1.82, 2.24) is 4.90 Å². The molecule has 0 amide bonds. The summed E-state index contributed by atoms with van der Waals surface area (Å²) < 4.78 is 5.96. The van der Waals surface area contributed by atoms with E-state index in [1.54, 1.807) is 0 Å². The highest BCUT2D eigenvalue weighted by Gasteiger charge is 2.43. The quantitative estimate of drug-likeness (QED) is 0.900. The van der Waals surface area contributed by atoms with Crippen molar-refractivity contribution in [3.8, 4) is 0 Å². The SMILES string of the molecule is Cc1ccccc1CN1CCC2(CC1)OCCC[C@H]2O. The fourth-order valence-corrected chi connectivity index (χ4v) is 3.51. The van der Waals surface area contributed by atoms with Crippen molar-refractivity contribution >= 4 is 0 Å². The Hall–Kier alpha value is -0.900. The molecule has 3 nitrogen and oxygen atoms in total. The zero-order valence-corrected chi connectivity index (χ0v) is 12.3. The van der Waals surface area contributed by atoms with Crippen molar-refractivity contribution in [2.45, 2.75) is 50.9 Å². The van der Waals surface area contributed by atoms with Gasteiger partial charge in [-0.25, -0.2) is 0 Å². The fraction of sp³-hybridized carbons (Fsp3) is 0.647. The minimum atomic E-state index is -0.267. The lowest BCUT2D eigenvalue weighted by Crippen LogP contribution is -2.55. The molecule has 0 unspecified atom stereocenters. The van der Waals surface area contributed by atoms with Crippen LogP contribution in [0.5, 0.6) is 0 Å². The van der Waals surface area contributed by atoms with Crippen LogP contribution in [0.1, 0.15) is 36.8 Å². The summed E-state index contributed by atoms with van der Waals surface area (Å²) in [5.74, 6) is 0. The number of nitrogens with zero attached hydrogens (tertiary/aromatic N) is 1. The molecule has 20 heavy (non-hydrogen) atoms. The predicted octanol–water partition coefficient (Wildman–Crippen LogP) is 2.50. The second-order valence-corrected chi connectivity index (χ2v) is 6.27. The summed E-state index contributed by atoms with van der Waals surface area (Å²) >= 11 is 0. The molecule has 1 aromatic rings. The summed E-state index contributed by atoms with van der Waals surface area (Å²) in [6.07, 6.45) is 3.55. The molecule has 3 heteroatoms. The summed E-state index contributed by atoms with van der Waals surface area (Å²) in [6, 6.07) is 8.60. The highest BCUT2D eigenvalue weighted by atomic mass is 16.5. The summed E-state index contributed by atoms with van der Waals surface area (Å²) in [5, 5.41) is 10.3. The molecular weight excluding hydrogens is 250 g/mol. The lowest BCUT2D eigenvalue weighted by Gasteiger charge is -2.46. The van der Waals surface area contributed by atoms with Crippen molar-refractivity contribution in [3.05, 3.63) is 35.4 Å². The van der Waals surface area contributed by atoms with Crippen LogP contribution in [-0.4, -0.2) is 41.4 Å². The Labute approximate surface area is 121 Å². The first kappa shape index (κ1) is 14.1. The van der Waals surface area contributed by atoms with Crippen LogP contribution in [0.25, 0.3) is 0 Å². The van der Waals surface area contributed by atoms with Gasteiger partial charge < -0.3 is 9.84 Å². The maximum absolute atomic E-state index is 10.3. The van der Waals surface area contributed by atoms with Gasteiger partial charge in [-0.3, -0.25) is 4.90 Å². The van der Waals surface area contributed by atoms with E-state index in [-0.39, 0.29) is 11.7 Å². The van der Waals surface area contributed by atoms with Gasteiger partial charge in [-0.15, -0.1) is 0 Å². The Balaban J connectivity index is 1.60. The third-order valence-electron chi connectivity index (χ3n) is 4.98. The summed E-state index contributed by atoms with van der Waals surface area (Å²) in [6.45, 7) is 6.04. The van der Waals surface area contributed by atoms with Crippen LogP contribution in [0.4, 0.5) is 0 Å². The van der Waals surface area contributed by atoms with Crippen LogP contribution in [0.3, 0.4) is 0 Å². The van der Waals surface area contributed by atoms with Gasteiger partial charge in [0.05, 0.1) is 11.7 Å². The molecule has 2 fully saturated rings. The van der Waals surface area contributed by atoms with Crippen LogP contribution < -0.4 is 0 Å². The largest absolute Gasteiger partial charge is 0.390 e. The molecule has 1 atom stereocenters. The van der Waals surface area contributed by atoms with Crippen LogP contribution in [0, 0.1) is 6.92 Å². The molecular formula is C17H25NO2.